The number of hydrogen-bond donors (Lipinski definition) is 2. The number of phosphoric acid groups is 1. The van der Waals surface area contributed by atoms with Crippen LogP contribution in [0.25, 0.3) is 0 Å². The molecule has 0 saturated heterocycles. The van der Waals surface area contributed by atoms with E-state index >= 15 is 0 Å². The summed E-state index contributed by atoms with van der Waals surface area (Å²) in [5, 5.41) is 0. The van der Waals surface area contributed by atoms with E-state index in [1.165, 1.54) is 70.6 Å². The maximum Gasteiger partial charge on any atom is 0.472 e. The topological polar surface area (TPSA) is 117 Å². The zero-order valence-electron chi connectivity index (χ0n) is 34.2. The van der Waals surface area contributed by atoms with E-state index < -0.39 is 13.9 Å². The molecule has 0 aromatic carbocycles. The molecule has 0 amide bonds. The lowest BCUT2D eigenvalue weighted by Crippen LogP contribution is -2.27. The van der Waals surface area contributed by atoms with Crippen LogP contribution in [0.15, 0.2) is 85.3 Å². The monoisotopic (exact) mass is 776 g/mol. The smallest absolute Gasteiger partial charge is 0.472 e. The molecular weight excluding hydrogens is 697 g/mol. The molecule has 0 spiro atoms. The molecule has 0 aliphatic carbocycles. The van der Waals surface area contributed by atoms with Crippen molar-refractivity contribution in [2.75, 3.05) is 26.4 Å². The van der Waals surface area contributed by atoms with Crippen molar-refractivity contribution in [2.24, 2.45) is 5.73 Å². The predicted molar refractivity (Wildman–Crippen MR) is 228 cm³/mol. The van der Waals surface area contributed by atoms with Crippen molar-refractivity contribution in [3.63, 3.8) is 0 Å². The highest BCUT2D eigenvalue weighted by Gasteiger charge is 2.25. The summed E-state index contributed by atoms with van der Waals surface area (Å²) in [5.41, 5.74) is 5.36. The molecule has 2 atom stereocenters. The van der Waals surface area contributed by atoms with Gasteiger partial charge in [0.1, 0.15) is 6.61 Å². The fourth-order valence-corrected chi connectivity index (χ4v) is 6.04. The van der Waals surface area contributed by atoms with Gasteiger partial charge in [-0.25, -0.2) is 4.57 Å². The molecule has 0 heterocycles. The van der Waals surface area contributed by atoms with Crippen molar-refractivity contribution in [3.05, 3.63) is 85.3 Å². The van der Waals surface area contributed by atoms with Gasteiger partial charge in [-0.3, -0.25) is 13.8 Å². The molecule has 3 N–H and O–H groups in total. The van der Waals surface area contributed by atoms with Crippen molar-refractivity contribution in [1.29, 1.82) is 0 Å². The minimum absolute atomic E-state index is 0.0103. The fourth-order valence-electron chi connectivity index (χ4n) is 5.28. The molecule has 0 aromatic heterocycles. The Morgan fingerprint density at radius 2 is 1.06 bits per heavy atom. The van der Waals surface area contributed by atoms with Gasteiger partial charge in [0.05, 0.1) is 19.5 Å². The summed E-state index contributed by atoms with van der Waals surface area (Å²) in [7, 11) is -4.31. The second-order valence-electron chi connectivity index (χ2n) is 13.5. The number of unbranched alkanes of at least 4 members (excludes halogenated alkanes) is 14. The van der Waals surface area contributed by atoms with Crippen LogP contribution in [-0.2, 0) is 27.9 Å². The molecule has 0 saturated carbocycles. The van der Waals surface area contributed by atoms with E-state index in [9.17, 15) is 14.3 Å². The number of carbonyl (C=O) groups is 1. The predicted octanol–water partition coefficient (Wildman–Crippen LogP) is 12.9. The van der Waals surface area contributed by atoms with Crippen LogP contribution >= 0.6 is 7.82 Å². The lowest BCUT2D eigenvalue weighted by Gasteiger charge is -2.19. The molecule has 0 aliphatic heterocycles. The summed E-state index contributed by atoms with van der Waals surface area (Å²) in [6.45, 7) is 4.05. The molecule has 310 valence electrons. The number of carbonyl (C=O) groups excluding carboxylic acids is 1. The van der Waals surface area contributed by atoms with Crippen molar-refractivity contribution < 1.29 is 32.8 Å². The highest BCUT2D eigenvalue weighted by Crippen LogP contribution is 2.43. The van der Waals surface area contributed by atoms with E-state index in [1.54, 1.807) is 6.26 Å². The molecular formula is C45H78NO7P. The van der Waals surface area contributed by atoms with Crippen LogP contribution in [-0.4, -0.2) is 43.3 Å². The molecule has 0 aliphatic rings. The number of phosphoric ester groups is 1. The SMILES string of the molecule is CCC=CCC=CCC=CCC=CCC=CCCCCCC(=O)OC(COC=CCCCCCCCCC=CCCCCCC)COP(=O)(O)OCCN. The lowest BCUT2D eigenvalue weighted by molar-refractivity contribution is -0.153. The maximum atomic E-state index is 12.6. The highest BCUT2D eigenvalue weighted by molar-refractivity contribution is 7.47. The first-order chi connectivity index (χ1) is 26.4. The fraction of sp³-hybridized carbons (Fsp3) is 0.667. The third-order valence-electron chi connectivity index (χ3n) is 8.36. The molecule has 0 radical (unpaired) electrons. The average molecular weight is 776 g/mol. The van der Waals surface area contributed by atoms with Crippen molar-refractivity contribution in [3.8, 4) is 0 Å². The van der Waals surface area contributed by atoms with Crippen LogP contribution in [0.1, 0.15) is 162 Å². The largest absolute Gasteiger partial charge is 0.498 e. The van der Waals surface area contributed by atoms with Gasteiger partial charge in [-0.2, -0.15) is 0 Å². The lowest BCUT2D eigenvalue weighted by atomic mass is 10.1. The van der Waals surface area contributed by atoms with E-state index in [0.29, 0.717) is 6.42 Å². The summed E-state index contributed by atoms with van der Waals surface area (Å²) in [6.07, 6.45) is 54.0. The zero-order valence-corrected chi connectivity index (χ0v) is 35.1. The van der Waals surface area contributed by atoms with Gasteiger partial charge >= 0.3 is 13.8 Å². The first-order valence-corrected chi connectivity index (χ1v) is 22.6. The molecule has 0 fully saturated rings. The number of hydrogen-bond acceptors (Lipinski definition) is 7. The molecule has 9 heteroatoms. The third-order valence-corrected chi connectivity index (χ3v) is 9.34. The Bertz CT molecular complexity index is 1100. The zero-order chi connectivity index (χ0) is 39.5. The number of ether oxygens (including phenoxy) is 2. The molecule has 0 bridgehead atoms. The van der Waals surface area contributed by atoms with E-state index in [4.69, 9.17) is 24.3 Å². The second kappa shape index (κ2) is 41.7. The Kier molecular flexibility index (Phi) is 39.8. The third kappa shape index (κ3) is 40.7. The van der Waals surface area contributed by atoms with Crippen LogP contribution in [0.5, 0.6) is 0 Å². The van der Waals surface area contributed by atoms with Crippen LogP contribution in [0.2, 0.25) is 0 Å². The van der Waals surface area contributed by atoms with Gasteiger partial charge in [-0.15, -0.1) is 0 Å². The van der Waals surface area contributed by atoms with Crippen LogP contribution < -0.4 is 5.73 Å². The van der Waals surface area contributed by atoms with Gasteiger partial charge in [0.25, 0.3) is 0 Å². The summed E-state index contributed by atoms with van der Waals surface area (Å²) < 4.78 is 33.1. The van der Waals surface area contributed by atoms with E-state index in [1.807, 2.05) is 6.08 Å². The molecule has 8 nitrogen and oxygen atoms in total. The van der Waals surface area contributed by atoms with Gasteiger partial charge in [0, 0.05) is 13.0 Å². The maximum absolute atomic E-state index is 12.6. The minimum atomic E-state index is -4.31. The summed E-state index contributed by atoms with van der Waals surface area (Å²) in [5.74, 6) is -0.389. The molecule has 2 unspecified atom stereocenters. The quantitative estimate of drug-likeness (QED) is 0.0208. The first kappa shape index (κ1) is 51.5. The Balaban J connectivity index is 4.20. The van der Waals surface area contributed by atoms with Crippen molar-refractivity contribution in [2.45, 2.75) is 168 Å². The van der Waals surface area contributed by atoms with Crippen LogP contribution in [0, 0.1) is 0 Å². The van der Waals surface area contributed by atoms with Gasteiger partial charge in [-0.1, -0.05) is 138 Å². The van der Waals surface area contributed by atoms with E-state index in [-0.39, 0.29) is 38.8 Å². The molecule has 54 heavy (non-hydrogen) atoms. The molecule has 0 aromatic rings. The Hall–Kier alpha value is -2.48. The van der Waals surface area contributed by atoms with Crippen LogP contribution in [0.4, 0.5) is 0 Å². The normalized spacial score (nSPS) is 14.3. The summed E-state index contributed by atoms with van der Waals surface area (Å²) in [4.78, 5) is 22.4. The number of rotatable bonds is 39. The minimum Gasteiger partial charge on any atom is -0.498 e. The van der Waals surface area contributed by atoms with Gasteiger partial charge in [-0.05, 0) is 96.0 Å². The molecule has 0 rings (SSSR count). The van der Waals surface area contributed by atoms with Crippen molar-refractivity contribution in [1.82, 2.24) is 0 Å². The van der Waals surface area contributed by atoms with Gasteiger partial charge in [0.2, 0.25) is 0 Å². The van der Waals surface area contributed by atoms with Gasteiger partial charge in [0.15, 0.2) is 6.10 Å². The average Bonchev–Trinajstić information content (AvgIpc) is 3.16. The second-order valence-corrected chi connectivity index (χ2v) is 15.0. The summed E-state index contributed by atoms with van der Waals surface area (Å²) in [6, 6.07) is 0. The Labute approximate surface area is 330 Å². The van der Waals surface area contributed by atoms with E-state index in [2.05, 4.69) is 86.8 Å². The number of esters is 1. The van der Waals surface area contributed by atoms with Gasteiger partial charge < -0.3 is 20.1 Å². The van der Waals surface area contributed by atoms with E-state index in [0.717, 1.165) is 64.2 Å². The number of nitrogens with two attached hydrogens (primary N) is 1. The standard InChI is InChI=1S/C45H78NO7P/c1-3-5-7-9-11-13-15-17-19-21-22-23-24-26-28-30-32-34-36-38-45(47)53-44(43-52-54(48,49)51-41-39-46)42-50-40-37-35-33-31-29-27-25-20-18-16-14-12-10-8-6-4-2/h5,7,11,13-14,16-17,19,22-23,26,28,37,40,44H,3-4,6,8-10,12,15,18,20-21,24-25,27,29-36,38-39,41-43,46H2,1-2H3,(H,48,49). The van der Waals surface area contributed by atoms with Crippen LogP contribution in [0.3, 0.4) is 0 Å². The van der Waals surface area contributed by atoms with Crippen molar-refractivity contribution >= 4 is 13.8 Å². The summed E-state index contributed by atoms with van der Waals surface area (Å²) >= 11 is 0. The Morgan fingerprint density at radius 1 is 0.593 bits per heavy atom. The highest BCUT2D eigenvalue weighted by atomic mass is 31.2. The first-order valence-electron chi connectivity index (χ1n) is 21.1. The number of allylic oxidation sites excluding steroid dienone is 13. The Morgan fingerprint density at radius 3 is 1.59 bits per heavy atom.